The molecule has 4 aromatic rings. The highest BCUT2D eigenvalue weighted by molar-refractivity contribution is 6.10. The number of hydrogen-bond acceptors (Lipinski definition) is 5. The van der Waals surface area contributed by atoms with Gasteiger partial charge in [-0.3, -0.25) is 9.36 Å². The lowest BCUT2D eigenvalue weighted by Crippen LogP contribution is -2.46. The number of aromatic nitrogens is 1. The summed E-state index contributed by atoms with van der Waals surface area (Å²) in [6.07, 6.45) is 0. The first-order valence-electron chi connectivity index (χ1n) is 12.3. The smallest absolute Gasteiger partial charge is 0.260 e. The standard InChI is InChI=1S/C29H31N3O4.ClH/c1-21-8-6-7-11-26(21)36-29-27(28(33)31-16-14-30-15-17-31)24-13-12-23(35-19-18-34-2)20-25(24)32(29)22-9-4-3-5-10-22;/h3-13,20,30H,14-19H2,1-2H3;1H. The fourth-order valence-corrected chi connectivity index (χ4v) is 4.51. The second-order valence-corrected chi connectivity index (χ2v) is 8.78. The number of halogens is 1. The van der Waals surface area contributed by atoms with Crippen LogP contribution in [0.3, 0.4) is 0 Å². The lowest BCUT2D eigenvalue weighted by molar-refractivity contribution is 0.0735. The number of benzene rings is 3. The molecule has 1 aromatic heterocycles. The van der Waals surface area contributed by atoms with Crippen LogP contribution in [-0.2, 0) is 4.74 Å². The van der Waals surface area contributed by atoms with E-state index in [1.54, 1.807) is 7.11 Å². The quantitative estimate of drug-likeness (QED) is 0.322. The zero-order valence-electron chi connectivity index (χ0n) is 21.1. The average Bonchev–Trinajstić information content (AvgIpc) is 3.23. The van der Waals surface area contributed by atoms with Gasteiger partial charge in [0.1, 0.15) is 23.7 Å². The van der Waals surface area contributed by atoms with Crippen LogP contribution in [0.15, 0.2) is 72.8 Å². The van der Waals surface area contributed by atoms with Crippen LogP contribution < -0.4 is 14.8 Å². The number of aryl methyl sites for hydroxylation is 1. The topological polar surface area (TPSA) is 65.0 Å². The van der Waals surface area contributed by atoms with Gasteiger partial charge >= 0.3 is 0 Å². The van der Waals surface area contributed by atoms with Crippen LogP contribution in [0.25, 0.3) is 16.6 Å². The number of methoxy groups -OCH3 is 1. The molecule has 0 spiro atoms. The Balaban J connectivity index is 0.00000320. The number of piperazine rings is 1. The van der Waals surface area contributed by atoms with E-state index in [0.29, 0.717) is 49.2 Å². The Bertz CT molecular complexity index is 1350. The van der Waals surface area contributed by atoms with Gasteiger partial charge in [0.2, 0.25) is 5.88 Å². The lowest BCUT2D eigenvalue weighted by Gasteiger charge is -2.27. The second kappa shape index (κ2) is 12.1. The zero-order chi connectivity index (χ0) is 24.9. The summed E-state index contributed by atoms with van der Waals surface area (Å²) >= 11 is 0. The molecule has 2 heterocycles. The molecule has 1 N–H and O–H groups in total. The molecule has 1 aliphatic rings. The monoisotopic (exact) mass is 521 g/mol. The summed E-state index contributed by atoms with van der Waals surface area (Å²) in [6, 6.07) is 23.7. The normalized spacial score (nSPS) is 13.3. The molecule has 1 aliphatic heterocycles. The molecule has 5 rings (SSSR count). The van der Waals surface area contributed by atoms with E-state index >= 15 is 0 Å². The summed E-state index contributed by atoms with van der Waals surface area (Å²) in [6.45, 7) is 5.78. The molecule has 0 unspecified atom stereocenters. The van der Waals surface area contributed by atoms with Crippen LogP contribution in [0.4, 0.5) is 0 Å². The fraction of sp³-hybridized carbons (Fsp3) is 0.276. The Labute approximate surface area is 223 Å². The van der Waals surface area contributed by atoms with Crippen molar-refractivity contribution in [2.75, 3.05) is 46.5 Å². The van der Waals surface area contributed by atoms with E-state index in [-0.39, 0.29) is 18.3 Å². The average molecular weight is 522 g/mol. The van der Waals surface area contributed by atoms with Crippen LogP contribution in [-0.4, -0.2) is 61.9 Å². The number of carbonyl (C=O) groups excluding carboxylic acids is 1. The molecule has 3 aromatic carbocycles. The maximum Gasteiger partial charge on any atom is 0.260 e. The number of ether oxygens (including phenoxy) is 3. The Morgan fingerprint density at radius 3 is 2.41 bits per heavy atom. The largest absolute Gasteiger partial charge is 0.491 e. The number of para-hydroxylation sites is 2. The molecule has 0 radical (unpaired) electrons. The maximum absolute atomic E-state index is 14.0. The first-order chi connectivity index (χ1) is 17.7. The predicted molar refractivity (Wildman–Crippen MR) is 148 cm³/mol. The highest BCUT2D eigenvalue weighted by atomic mass is 35.5. The summed E-state index contributed by atoms with van der Waals surface area (Å²) in [5.74, 6) is 1.89. The molecule has 1 amide bonds. The molecule has 0 bridgehead atoms. The Morgan fingerprint density at radius 2 is 1.68 bits per heavy atom. The number of amides is 1. The van der Waals surface area contributed by atoms with E-state index in [1.165, 1.54) is 0 Å². The third-order valence-electron chi connectivity index (χ3n) is 6.39. The van der Waals surface area contributed by atoms with Crippen molar-refractivity contribution < 1.29 is 19.0 Å². The van der Waals surface area contributed by atoms with Crippen LogP contribution in [0, 0.1) is 6.92 Å². The minimum absolute atomic E-state index is 0. The molecular weight excluding hydrogens is 490 g/mol. The number of nitrogens with zero attached hydrogens (tertiary/aromatic N) is 2. The van der Waals surface area contributed by atoms with Crippen molar-refractivity contribution in [3.63, 3.8) is 0 Å². The number of nitrogens with one attached hydrogen (secondary N) is 1. The lowest BCUT2D eigenvalue weighted by atomic mass is 10.1. The summed E-state index contributed by atoms with van der Waals surface area (Å²) in [4.78, 5) is 15.9. The van der Waals surface area contributed by atoms with Crippen molar-refractivity contribution >= 4 is 29.2 Å². The second-order valence-electron chi connectivity index (χ2n) is 8.78. The van der Waals surface area contributed by atoms with Crippen LogP contribution >= 0.6 is 12.4 Å². The van der Waals surface area contributed by atoms with E-state index < -0.39 is 0 Å². The van der Waals surface area contributed by atoms with E-state index in [1.807, 2.05) is 89.2 Å². The van der Waals surface area contributed by atoms with Gasteiger partial charge < -0.3 is 24.4 Å². The third-order valence-corrected chi connectivity index (χ3v) is 6.39. The summed E-state index contributed by atoms with van der Waals surface area (Å²) in [7, 11) is 1.65. The van der Waals surface area contributed by atoms with Crippen molar-refractivity contribution in [1.29, 1.82) is 0 Å². The first-order valence-corrected chi connectivity index (χ1v) is 12.3. The molecule has 194 valence electrons. The van der Waals surface area contributed by atoms with E-state index in [4.69, 9.17) is 14.2 Å². The van der Waals surface area contributed by atoms with Gasteiger partial charge in [-0.15, -0.1) is 12.4 Å². The minimum atomic E-state index is -0.0344. The van der Waals surface area contributed by atoms with Crippen molar-refractivity contribution in [3.05, 3.63) is 83.9 Å². The van der Waals surface area contributed by atoms with E-state index in [0.717, 1.165) is 35.2 Å². The van der Waals surface area contributed by atoms with Crippen molar-refractivity contribution in [2.24, 2.45) is 0 Å². The van der Waals surface area contributed by atoms with Crippen molar-refractivity contribution in [1.82, 2.24) is 14.8 Å². The van der Waals surface area contributed by atoms with Gasteiger partial charge in [0.05, 0.1) is 12.1 Å². The molecule has 7 nitrogen and oxygen atoms in total. The van der Waals surface area contributed by atoms with E-state index in [2.05, 4.69) is 5.32 Å². The SMILES string of the molecule is COCCOc1ccc2c(C(=O)N3CCNCC3)c(Oc3ccccc3C)n(-c3ccccc3)c2c1.Cl. The summed E-state index contributed by atoms with van der Waals surface area (Å²) in [5, 5.41) is 4.15. The Kier molecular flexibility index (Phi) is 8.71. The highest BCUT2D eigenvalue weighted by Gasteiger charge is 2.30. The van der Waals surface area contributed by atoms with Gasteiger partial charge in [-0.1, -0.05) is 36.4 Å². The Hall–Kier alpha value is -3.52. The molecule has 1 fully saturated rings. The molecule has 8 heteroatoms. The van der Waals surface area contributed by atoms with Gasteiger partial charge in [-0.2, -0.15) is 0 Å². The highest BCUT2D eigenvalue weighted by Crippen LogP contribution is 2.40. The van der Waals surface area contributed by atoms with E-state index in [9.17, 15) is 4.79 Å². The van der Waals surface area contributed by atoms with Gasteiger partial charge in [-0.05, 0) is 42.8 Å². The van der Waals surface area contributed by atoms with Gasteiger partial charge in [0, 0.05) is 50.4 Å². The molecule has 0 aliphatic carbocycles. The number of rotatable bonds is 8. The van der Waals surface area contributed by atoms with Gasteiger partial charge in [-0.25, -0.2) is 0 Å². The molecule has 1 saturated heterocycles. The first kappa shape index (κ1) is 26.5. The maximum atomic E-state index is 14.0. The van der Waals surface area contributed by atoms with Gasteiger partial charge in [0.25, 0.3) is 5.91 Å². The van der Waals surface area contributed by atoms with Crippen LogP contribution in [0.1, 0.15) is 15.9 Å². The number of hydrogen-bond donors (Lipinski definition) is 1. The summed E-state index contributed by atoms with van der Waals surface area (Å²) in [5.41, 5.74) is 3.30. The predicted octanol–water partition coefficient (Wildman–Crippen LogP) is 5.22. The minimum Gasteiger partial charge on any atom is -0.491 e. The van der Waals surface area contributed by atoms with Crippen LogP contribution in [0.5, 0.6) is 17.4 Å². The van der Waals surface area contributed by atoms with Crippen LogP contribution in [0.2, 0.25) is 0 Å². The van der Waals surface area contributed by atoms with Crippen molar-refractivity contribution in [3.8, 4) is 23.1 Å². The number of carbonyl (C=O) groups is 1. The number of fused-ring (bicyclic) bond motifs is 1. The van der Waals surface area contributed by atoms with Crippen molar-refractivity contribution in [2.45, 2.75) is 6.92 Å². The zero-order valence-corrected chi connectivity index (χ0v) is 21.9. The van der Waals surface area contributed by atoms with Gasteiger partial charge in [0.15, 0.2) is 0 Å². The third kappa shape index (κ3) is 5.59. The molecule has 0 saturated carbocycles. The summed E-state index contributed by atoms with van der Waals surface area (Å²) < 4.78 is 19.7. The molecule has 37 heavy (non-hydrogen) atoms. The molecule has 0 atom stereocenters. The molecular formula is C29H32ClN3O4. The fourth-order valence-electron chi connectivity index (χ4n) is 4.51. The Morgan fingerprint density at radius 1 is 0.946 bits per heavy atom.